The van der Waals surface area contributed by atoms with Crippen LogP contribution in [0.5, 0.6) is 5.75 Å². The summed E-state index contributed by atoms with van der Waals surface area (Å²) in [5, 5.41) is 3.07. The van der Waals surface area contributed by atoms with Gasteiger partial charge in [0.05, 0.1) is 12.7 Å². The van der Waals surface area contributed by atoms with Gasteiger partial charge in [0.25, 0.3) is 0 Å². The van der Waals surface area contributed by atoms with Crippen molar-refractivity contribution in [1.29, 1.82) is 0 Å². The fourth-order valence-corrected chi connectivity index (χ4v) is 1.44. The summed E-state index contributed by atoms with van der Waals surface area (Å²) in [5.41, 5.74) is 11.5. The number of nitrogens with zero attached hydrogens (tertiary/aromatic N) is 1. The number of pyridine rings is 1. The summed E-state index contributed by atoms with van der Waals surface area (Å²) in [6.07, 6.45) is 3.02. The Labute approximate surface area is 128 Å². The number of carbonyl (C=O) groups is 1. The molecule has 110 valence electrons. The van der Waals surface area contributed by atoms with E-state index in [0.717, 1.165) is 11.4 Å². The largest absolute Gasteiger partial charge is 0.497 e. The molecular formula is C14H16N4O2S. The Bertz CT molecular complexity index is 588. The van der Waals surface area contributed by atoms with Gasteiger partial charge in [0, 0.05) is 18.1 Å². The number of nitrogens with two attached hydrogens (primary N) is 2. The van der Waals surface area contributed by atoms with E-state index < -0.39 is 5.91 Å². The van der Waals surface area contributed by atoms with Crippen molar-refractivity contribution < 1.29 is 9.53 Å². The summed E-state index contributed by atoms with van der Waals surface area (Å²) in [6, 6.07) is 10.6. The van der Waals surface area contributed by atoms with Crippen LogP contribution >= 0.6 is 12.2 Å². The second-order valence-corrected chi connectivity index (χ2v) is 4.26. The second-order valence-electron chi connectivity index (χ2n) is 3.82. The number of hydrogen-bond acceptors (Lipinski definition) is 4. The highest BCUT2D eigenvalue weighted by Gasteiger charge is 1.95. The molecule has 7 heteroatoms. The van der Waals surface area contributed by atoms with E-state index in [1.807, 2.05) is 24.3 Å². The van der Waals surface area contributed by atoms with Gasteiger partial charge in [0.1, 0.15) is 5.75 Å². The van der Waals surface area contributed by atoms with E-state index in [-0.39, 0.29) is 5.11 Å². The van der Waals surface area contributed by atoms with Crippen molar-refractivity contribution in [3.8, 4) is 5.75 Å². The van der Waals surface area contributed by atoms with Crippen LogP contribution in [0.2, 0.25) is 0 Å². The van der Waals surface area contributed by atoms with E-state index in [1.54, 1.807) is 25.4 Å². The molecule has 1 amide bonds. The fraction of sp³-hybridized carbons (Fsp3) is 0.0714. The maximum Gasteiger partial charge on any atom is 0.250 e. The lowest BCUT2D eigenvalue weighted by Crippen LogP contribution is -2.18. The van der Waals surface area contributed by atoms with Gasteiger partial charge in [-0.25, -0.2) is 0 Å². The number of rotatable bonds is 3. The summed E-state index contributed by atoms with van der Waals surface area (Å²) in [6.45, 7) is 0. The normalized spacial score (nSPS) is 9.00. The van der Waals surface area contributed by atoms with Crippen LogP contribution in [-0.2, 0) is 0 Å². The third kappa shape index (κ3) is 6.35. The van der Waals surface area contributed by atoms with Gasteiger partial charge < -0.3 is 21.5 Å². The predicted octanol–water partition coefficient (Wildman–Crippen LogP) is 1.53. The van der Waals surface area contributed by atoms with Gasteiger partial charge in [-0.3, -0.25) is 9.78 Å². The van der Waals surface area contributed by atoms with Gasteiger partial charge in [0.2, 0.25) is 5.91 Å². The van der Waals surface area contributed by atoms with Crippen LogP contribution in [0.4, 0.5) is 5.69 Å². The van der Waals surface area contributed by atoms with Gasteiger partial charge in [-0.2, -0.15) is 0 Å². The first kappa shape index (κ1) is 16.4. The minimum Gasteiger partial charge on any atom is -0.497 e. The molecule has 0 saturated carbocycles. The number of nitrogens with one attached hydrogen (secondary N) is 1. The monoisotopic (exact) mass is 304 g/mol. The topological polar surface area (TPSA) is 103 Å². The van der Waals surface area contributed by atoms with Crippen molar-refractivity contribution in [1.82, 2.24) is 4.98 Å². The van der Waals surface area contributed by atoms with Crippen LogP contribution in [0, 0.1) is 0 Å². The minimum atomic E-state index is -0.442. The number of ether oxygens (including phenoxy) is 1. The molecule has 0 bridgehead atoms. The zero-order chi connectivity index (χ0) is 15.7. The Balaban J connectivity index is 0.000000219. The number of anilines is 1. The molecule has 0 saturated heterocycles. The first-order valence-electron chi connectivity index (χ1n) is 5.93. The second kappa shape index (κ2) is 8.49. The SMILES string of the molecule is COc1ccc(NC(N)=S)cc1.NC(=O)c1cccnc1. The van der Waals surface area contributed by atoms with Crippen molar-refractivity contribution in [3.63, 3.8) is 0 Å². The summed E-state index contributed by atoms with van der Waals surface area (Å²) in [7, 11) is 1.62. The molecule has 0 aliphatic rings. The first-order valence-corrected chi connectivity index (χ1v) is 6.34. The third-order valence-electron chi connectivity index (χ3n) is 2.30. The lowest BCUT2D eigenvalue weighted by atomic mass is 10.3. The lowest BCUT2D eigenvalue weighted by molar-refractivity contribution is 0.1000. The van der Waals surface area contributed by atoms with Crippen LogP contribution in [0.1, 0.15) is 10.4 Å². The average molecular weight is 304 g/mol. The summed E-state index contributed by atoms with van der Waals surface area (Å²) in [4.78, 5) is 14.1. The van der Waals surface area contributed by atoms with E-state index in [9.17, 15) is 4.79 Å². The Kier molecular flexibility index (Phi) is 6.62. The lowest BCUT2D eigenvalue weighted by Gasteiger charge is -2.04. The Morgan fingerprint density at radius 2 is 1.90 bits per heavy atom. The predicted molar refractivity (Wildman–Crippen MR) is 86.2 cm³/mol. The third-order valence-corrected chi connectivity index (χ3v) is 2.41. The number of amides is 1. The molecule has 1 aromatic carbocycles. The zero-order valence-electron chi connectivity index (χ0n) is 11.4. The number of benzene rings is 1. The molecule has 2 aromatic rings. The van der Waals surface area contributed by atoms with Crippen molar-refractivity contribution in [3.05, 3.63) is 54.4 Å². The molecule has 6 nitrogen and oxygen atoms in total. The van der Waals surface area contributed by atoms with Crippen molar-refractivity contribution in [2.24, 2.45) is 11.5 Å². The van der Waals surface area contributed by atoms with Crippen molar-refractivity contribution in [2.75, 3.05) is 12.4 Å². The standard InChI is InChI=1S/C8H10N2OS.C6H6N2O/c1-11-7-4-2-6(3-5-7)10-8(9)12;7-6(9)5-2-1-3-8-4-5/h2-5H,1H3,(H3,9,10,12);1-4H,(H2,7,9). The van der Waals surface area contributed by atoms with Crippen molar-refractivity contribution >= 4 is 28.9 Å². The molecule has 0 fully saturated rings. The van der Waals surface area contributed by atoms with Crippen LogP contribution in [0.15, 0.2) is 48.8 Å². The zero-order valence-corrected chi connectivity index (χ0v) is 12.3. The molecule has 1 heterocycles. The molecule has 0 atom stereocenters. The summed E-state index contributed by atoms with van der Waals surface area (Å²) in [5.74, 6) is 0.367. The molecule has 0 spiro atoms. The van der Waals surface area contributed by atoms with Crippen LogP contribution in [-0.4, -0.2) is 23.1 Å². The number of thiocarbonyl (C=S) groups is 1. The van der Waals surface area contributed by atoms with Crippen LogP contribution in [0.25, 0.3) is 0 Å². The van der Waals surface area contributed by atoms with Crippen molar-refractivity contribution in [2.45, 2.75) is 0 Å². The first-order chi connectivity index (χ1) is 10.0. The number of carbonyl (C=O) groups excluding carboxylic acids is 1. The van der Waals surface area contributed by atoms with Gasteiger partial charge in [-0.05, 0) is 48.6 Å². The molecule has 0 radical (unpaired) electrons. The molecule has 21 heavy (non-hydrogen) atoms. The molecule has 5 N–H and O–H groups in total. The van der Waals surface area contributed by atoms with Gasteiger partial charge in [-0.1, -0.05) is 0 Å². The van der Waals surface area contributed by atoms with E-state index in [2.05, 4.69) is 22.5 Å². The number of primary amides is 1. The maximum atomic E-state index is 10.4. The van der Waals surface area contributed by atoms with Gasteiger partial charge >= 0.3 is 0 Å². The van der Waals surface area contributed by atoms with Crippen LogP contribution in [0.3, 0.4) is 0 Å². The summed E-state index contributed by atoms with van der Waals surface area (Å²) < 4.78 is 4.98. The van der Waals surface area contributed by atoms with E-state index >= 15 is 0 Å². The van der Waals surface area contributed by atoms with Gasteiger partial charge in [-0.15, -0.1) is 0 Å². The molecule has 2 rings (SSSR count). The fourth-order valence-electron chi connectivity index (χ4n) is 1.33. The van der Waals surface area contributed by atoms with Gasteiger partial charge in [0.15, 0.2) is 5.11 Å². The molecule has 1 aromatic heterocycles. The quantitative estimate of drug-likeness (QED) is 0.743. The van der Waals surface area contributed by atoms with E-state index in [4.69, 9.17) is 16.2 Å². The molecular weight excluding hydrogens is 288 g/mol. The minimum absolute atomic E-state index is 0.264. The number of methoxy groups -OCH3 is 1. The highest BCUT2D eigenvalue weighted by Crippen LogP contribution is 2.14. The highest BCUT2D eigenvalue weighted by atomic mass is 32.1. The number of aromatic nitrogens is 1. The Morgan fingerprint density at radius 3 is 2.29 bits per heavy atom. The Hall–Kier alpha value is -2.67. The summed E-state index contributed by atoms with van der Waals surface area (Å²) >= 11 is 4.67. The van der Waals surface area contributed by atoms with E-state index in [0.29, 0.717) is 5.56 Å². The van der Waals surface area contributed by atoms with E-state index in [1.165, 1.54) is 6.20 Å². The average Bonchev–Trinajstić information content (AvgIpc) is 2.49. The molecule has 0 unspecified atom stereocenters. The smallest absolute Gasteiger partial charge is 0.250 e. The maximum absolute atomic E-state index is 10.4. The highest BCUT2D eigenvalue weighted by molar-refractivity contribution is 7.80. The molecule has 0 aliphatic carbocycles. The number of hydrogen-bond donors (Lipinski definition) is 3. The molecule has 0 aliphatic heterocycles. The van der Waals surface area contributed by atoms with Crippen LogP contribution < -0.4 is 21.5 Å². The Morgan fingerprint density at radius 1 is 1.24 bits per heavy atom.